The van der Waals surface area contributed by atoms with Crippen LogP contribution in [0.4, 0.5) is 0 Å². The predicted octanol–water partition coefficient (Wildman–Crippen LogP) is -4.22. The van der Waals surface area contributed by atoms with Crippen LogP contribution in [0.3, 0.4) is 0 Å². The maximum Gasteiger partial charge on any atom is 0 e. The molecule has 0 unspecified atom stereocenters. The Morgan fingerprint density at radius 3 is 0.571 bits per heavy atom. The largest absolute Gasteiger partial charge is 0 e. The van der Waals surface area contributed by atoms with E-state index >= 15 is 0 Å². The zero-order valence-corrected chi connectivity index (χ0v) is 11.8. The zero-order chi connectivity index (χ0) is 0. The van der Waals surface area contributed by atoms with Crippen molar-refractivity contribution in [3.05, 3.63) is 0 Å². The SMILES string of the molecule is O.O.O.O.[SnH2].[Ti].[Zr]. The first-order valence-corrected chi connectivity index (χ1v) is 0. The molecular weight excluding hydrogens is 322 g/mol. The summed E-state index contributed by atoms with van der Waals surface area (Å²) in [5.41, 5.74) is 0. The van der Waals surface area contributed by atoms with Crippen molar-refractivity contribution in [1.82, 2.24) is 0 Å². The summed E-state index contributed by atoms with van der Waals surface area (Å²) in [4.78, 5) is 0. The first kappa shape index (κ1) is 125. The van der Waals surface area contributed by atoms with Gasteiger partial charge in [0.25, 0.3) is 0 Å². The van der Waals surface area contributed by atoms with E-state index in [0.717, 1.165) is 0 Å². The van der Waals surface area contributed by atoms with Crippen LogP contribution >= 0.6 is 0 Å². The standard InChI is InChI=1S/4H2O.Sn.Ti.Zr.2H/h4*1H2;;;;;. The second kappa shape index (κ2) is 86.2. The van der Waals surface area contributed by atoms with Crippen molar-refractivity contribution in [2.45, 2.75) is 0 Å². The quantitative estimate of drug-likeness (QED) is 0.399. The van der Waals surface area contributed by atoms with Crippen LogP contribution in [0, 0.1) is 0 Å². The van der Waals surface area contributed by atoms with Gasteiger partial charge in [-0.05, 0) is 0 Å². The van der Waals surface area contributed by atoms with Gasteiger partial charge in [-0.15, -0.1) is 0 Å². The second-order valence-corrected chi connectivity index (χ2v) is 0. The van der Waals surface area contributed by atoms with Gasteiger partial charge in [0.2, 0.25) is 0 Å². The summed E-state index contributed by atoms with van der Waals surface area (Å²) in [5.74, 6) is 0. The fourth-order valence-electron chi connectivity index (χ4n) is 0. The van der Waals surface area contributed by atoms with E-state index in [1.54, 1.807) is 0 Å². The van der Waals surface area contributed by atoms with Gasteiger partial charge in [-0.2, -0.15) is 0 Å². The van der Waals surface area contributed by atoms with Crippen LogP contribution in [-0.4, -0.2) is 45.8 Å². The van der Waals surface area contributed by atoms with Crippen LogP contribution in [0.25, 0.3) is 0 Å². The molecule has 7 heteroatoms. The molecule has 0 atom stereocenters. The van der Waals surface area contributed by atoms with E-state index in [1.807, 2.05) is 0 Å². The van der Waals surface area contributed by atoms with E-state index in [-0.39, 0.29) is 93.7 Å². The van der Waals surface area contributed by atoms with Crippen LogP contribution in [0.5, 0.6) is 0 Å². The topological polar surface area (TPSA) is 126 Å². The number of hydrogen-bond donors (Lipinski definition) is 0. The summed E-state index contributed by atoms with van der Waals surface area (Å²) in [6, 6.07) is 0. The molecule has 0 aliphatic rings. The second-order valence-electron chi connectivity index (χ2n) is 0. The Morgan fingerprint density at radius 2 is 0.571 bits per heavy atom. The molecule has 8 N–H and O–H groups in total. The van der Waals surface area contributed by atoms with Gasteiger partial charge in [-0.1, -0.05) is 0 Å². The Bertz CT molecular complexity index is 11.7. The van der Waals surface area contributed by atoms with Gasteiger partial charge in [0.15, 0.2) is 0 Å². The fourth-order valence-corrected chi connectivity index (χ4v) is 0. The molecule has 0 aromatic heterocycles. The van der Waals surface area contributed by atoms with Crippen LogP contribution < -0.4 is 0 Å². The van der Waals surface area contributed by atoms with Crippen molar-refractivity contribution < 1.29 is 69.8 Å². The Balaban J connectivity index is 0. The molecule has 2 radical (unpaired) electrons. The van der Waals surface area contributed by atoms with Crippen molar-refractivity contribution in [3.8, 4) is 0 Å². The molecule has 0 aliphatic heterocycles. The minimum atomic E-state index is 0. The summed E-state index contributed by atoms with van der Waals surface area (Å²) in [5, 5.41) is 0. The molecule has 0 aromatic rings. The average Bonchev–Trinajstić information content (AvgIpc) is 0. The summed E-state index contributed by atoms with van der Waals surface area (Å²) in [7, 11) is 0. The third-order valence-corrected chi connectivity index (χ3v) is 0. The third-order valence-electron chi connectivity index (χ3n) is 0. The van der Waals surface area contributed by atoms with E-state index in [1.165, 1.54) is 0 Å². The molecular formula is H10O4SnTiZr. The molecule has 0 spiro atoms. The Labute approximate surface area is 92.6 Å². The maximum atomic E-state index is 0. The molecule has 7 heavy (non-hydrogen) atoms. The van der Waals surface area contributed by atoms with Gasteiger partial charge < -0.3 is 21.9 Å². The molecule has 0 saturated carbocycles. The molecule has 0 rings (SSSR count). The van der Waals surface area contributed by atoms with Crippen LogP contribution in [0.1, 0.15) is 0 Å². The number of rotatable bonds is 0. The van der Waals surface area contributed by atoms with Gasteiger partial charge >= 0.3 is 23.9 Å². The average molecular weight is 332 g/mol. The van der Waals surface area contributed by atoms with Gasteiger partial charge in [0, 0.05) is 47.9 Å². The van der Waals surface area contributed by atoms with E-state index < -0.39 is 0 Å². The van der Waals surface area contributed by atoms with Crippen molar-refractivity contribution in [3.63, 3.8) is 0 Å². The van der Waals surface area contributed by atoms with Gasteiger partial charge in [0.1, 0.15) is 0 Å². The molecule has 0 amide bonds. The minimum absolute atomic E-state index is 0. The van der Waals surface area contributed by atoms with Gasteiger partial charge in [-0.25, -0.2) is 0 Å². The Hall–Kier alpha value is 2.24. The van der Waals surface area contributed by atoms with Crippen molar-refractivity contribution >= 4 is 23.9 Å². The molecule has 0 saturated heterocycles. The molecule has 0 aromatic carbocycles. The first-order valence-electron chi connectivity index (χ1n) is 0. The summed E-state index contributed by atoms with van der Waals surface area (Å²) in [6.45, 7) is 0. The molecule has 0 heterocycles. The van der Waals surface area contributed by atoms with E-state index in [2.05, 4.69) is 0 Å². The smallest absolute Gasteiger partial charge is 0 e. The predicted molar refractivity (Wildman–Crippen MR) is 23.0 cm³/mol. The van der Waals surface area contributed by atoms with Crippen molar-refractivity contribution in [2.24, 2.45) is 0 Å². The van der Waals surface area contributed by atoms with Crippen molar-refractivity contribution in [2.75, 3.05) is 0 Å². The fraction of sp³-hybridized carbons (Fsp3) is 0. The van der Waals surface area contributed by atoms with Crippen molar-refractivity contribution in [1.29, 1.82) is 0 Å². The minimum Gasteiger partial charge on any atom is 0 e. The Morgan fingerprint density at radius 1 is 0.571 bits per heavy atom. The summed E-state index contributed by atoms with van der Waals surface area (Å²) in [6.07, 6.45) is 0. The van der Waals surface area contributed by atoms with E-state index in [0.29, 0.717) is 0 Å². The first-order chi connectivity index (χ1) is 0. The van der Waals surface area contributed by atoms with Gasteiger partial charge in [-0.3, -0.25) is 0 Å². The third kappa shape index (κ3) is 64.1. The maximum absolute atomic E-state index is 0. The van der Waals surface area contributed by atoms with Crippen LogP contribution in [-0.2, 0) is 47.9 Å². The molecule has 46 valence electrons. The Kier molecular flexibility index (Phi) is 1540. The normalized spacial score (nSPS) is 0. The molecule has 0 fully saturated rings. The van der Waals surface area contributed by atoms with Gasteiger partial charge in [0.05, 0.1) is 0 Å². The van der Waals surface area contributed by atoms with Crippen LogP contribution in [0.15, 0.2) is 0 Å². The monoisotopic (exact) mass is 332 g/mol. The summed E-state index contributed by atoms with van der Waals surface area (Å²) >= 11 is 0. The zero-order valence-electron chi connectivity index (χ0n) is 3.71. The molecule has 0 aliphatic carbocycles. The van der Waals surface area contributed by atoms with Crippen LogP contribution in [0.2, 0.25) is 0 Å². The summed E-state index contributed by atoms with van der Waals surface area (Å²) < 4.78 is 0. The number of hydrogen-bond acceptors (Lipinski definition) is 0. The van der Waals surface area contributed by atoms with E-state index in [9.17, 15) is 0 Å². The molecule has 0 bridgehead atoms. The van der Waals surface area contributed by atoms with E-state index in [4.69, 9.17) is 0 Å². The molecule has 4 nitrogen and oxygen atoms in total.